The summed E-state index contributed by atoms with van der Waals surface area (Å²) >= 11 is 0. The molecule has 0 bridgehead atoms. The lowest BCUT2D eigenvalue weighted by atomic mass is 10.1. The molecule has 0 aliphatic carbocycles. The summed E-state index contributed by atoms with van der Waals surface area (Å²) in [6, 6.07) is 0. The summed E-state index contributed by atoms with van der Waals surface area (Å²) < 4.78 is 39.3. The maximum absolute atomic E-state index is 12.9. The number of rotatable bonds is 50. The van der Waals surface area contributed by atoms with Gasteiger partial charge in [-0.1, -0.05) is 194 Å². The van der Waals surface area contributed by atoms with Crippen molar-refractivity contribution in [1.29, 1.82) is 0 Å². The highest BCUT2D eigenvalue weighted by molar-refractivity contribution is 7.47. The second-order valence-electron chi connectivity index (χ2n) is 18.0. The highest BCUT2D eigenvalue weighted by Gasteiger charge is 2.28. The monoisotopic (exact) mass is 1030 g/mol. The van der Waals surface area contributed by atoms with Crippen molar-refractivity contribution in [2.45, 2.75) is 226 Å². The van der Waals surface area contributed by atoms with Gasteiger partial charge in [-0.2, -0.15) is 0 Å². The number of aliphatic hydroxyl groups is 1. The number of hydrogen-bond donors (Lipinski definition) is 2. The molecular formula is C60H99O11P. The van der Waals surface area contributed by atoms with E-state index in [1.54, 1.807) is 0 Å². The molecule has 72 heavy (non-hydrogen) atoms. The lowest BCUT2D eigenvalue weighted by molar-refractivity contribution is -0.161. The quantitative estimate of drug-likeness (QED) is 0.0197. The molecule has 0 fully saturated rings. The molecule has 0 aliphatic heterocycles. The van der Waals surface area contributed by atoms with Crippen LogP contribution in [0.5, 0.6) is 0 Å². The molecule has 0 saturated carbocycles. The van der Waals surface area contributed by atoms with E-state index in [0.717, 1.165) is 122 Å². The highest BCUT2D eigenvalue weighted by Crippen LogP contribution is 2.43. The number of carbonyl (C=O) groups excluding carboxylic acids is 3. The van der Waals surface area contributed by atoms with E-state index in [2.05, 4.69) is 118 Å². The standard InChI is InChI=1S/C60H99O11P/c1-4-7-10-13-16-19-22-25-26-27-28-29-30-33-36-39-42-45-48-51-60(64)71-57(53-67-58(62)49-46-43-40-37-34-31-23-20-17-14-11-8-5-2)55-69-72(65,66)68-54-56(52-61)70-59(63)50-47-44-41-38-35-32-24-21-18-15-12-9-6-3/h7,10,12,15-16,19-21,23-26,28-29,33,36,42,45,56-57,61H,4-6,8-9,11,13-14,17-18,22,27,30-32,34-35,37-41,43-44,46-55H2,1-3H3,(H,65,66)/b10-7-,15-12-,19-16-,23-20-,24-21-,26-25-,29-28-,36-33-,45-42-. The van der Waals surface area contributed by atoms with Crippen LogP contribution in [0.3, 0.4) is 0 Å². The molecule has 0 aromatic carbocycles. The van der Waals surface area contributed by atoms with Gasteiger partial charge >= 0.3 is 25.7 Å². The molecule has 12 heteroatoms. The van der Waals surface area contributed by atoms with E-state index >= 15 is 0 Å². The molecule has 0 spiro atoms. The zero-order valence-electron chi connectivity index (χ0n) is 45.1. The molecule has 3 unspecified atom stereocenters. The molecular weight excluding hydrogens is 928 g/mol. The molecule has 0 amide bonds. The molecule has 410 valence electrons. The fourth-order valence-corrected chi connectivity index (χ4v) is 7.73. The number of aliphatic hydroxyl groups excluding tert-OH is 1. The smallest absolute Gasteiger partial charge is 0.462 e. The van der Waals surface area contributed by atoms with Gasteiger partial charge in [-0.05, 0) is 109 Å². The van der Waals surface area contributed by atoms with Crippen molar-refractivity contribution in [1.82, 2.24) is 0 Å². The maximum Gasteiger partial charge on any atom is 0.472 e. The van der Waals surface area contributed by atoms with E-state index in [4.69, 9.17) is 23.3 Å². The van der Waals surface area contributed by atoms with Gasteiger partial charge in [-0.3, -0.25) is 23.4 Å². The number of esters is 3. The summed E-state index contributed by atoms with van der Waals surface area (Å²) in [6.45, 7) is 4.32. The summed E-state index contributed by atoms with van der Waals surface area (Å²) in [5, 5.41) is 9.79. The van der Waals surface area contributed by atoms with Gasteiger partial charge in [0.1, 0.15) is 12.7 Å². The van der Waals surface area contributed by atoms with Crippen LogP contribution in [0.15, 0.2) is 109 Å². The zero-order valence-corrected chi connectivity index (χ0v) is 46.0. The van der Waals surface area contributed by atoms with Gasteiger partial charge in [-0.15, -0.1) is 0 Å². The van der Waals surface area contributed by atoms with E-state index in [0.29, 0.717) is 25.7 Å². The van der Waals surface area contributed by atoms with Crippen molar-refractivity contribution in [3.63, 3.8) is 0 Å². The minimum atomic E-state index is -4.78. The van der Waals surface area contributed by atoms with Crippen molar-refractivity contribution < 1.29 is 52.2 Å². The van der Waals surface area contributed by atoms with Crippen LogP contribution >= 0.6 is 7.82 Å². The zero-order chi connectivity index (χ0) is 52.7. The minimum absolute atomic E-state index is 0.0350. The predicted octanol–water partition coefficient (Wildman–Crippen LogP) is 16.2. The van der Waals surface area contributed by atoms with Crippen LogP contribution in [-0.4, -0.2) is 66.5 Å². The Morgan fingerprint density at radius 3 is 1.26 bits per heavy atom. The van der Waals surface area contributed by atoms with Crippen LogP contribution < -0.4 is 0 Å². The SMILES string of the molecule is CC/C=C\C/C=C\C/C=C\C/C=C\C/C=C\C/C=C\CCC(=O)OC(COC(=O)CCCCCCC/C=C\CCCCCC)COP(=O)(O)OCC(CO)OC(=O)CCCCCCC/C=C\C/C=C\CCC. The van der Waals surface area contributed by atoms with Crippen LogP contribution in [0.1, 0.15) is 213 Å². The largest absolute Gasteiger partial charge is 0.472 e. The Morgan fingerprint density at radius 2 is 0.778 bits per heavy atom. The van der Waals surface area contributed by atoms with Crippen molar-refractivity contribution in [3.05, 3.63) is 109 Å². The Hall–Kier alpha value is -3.86. The van der Waals surface area contributed by atoms with Gasteiger partial charge in [0.2, 0.25) is 0 Å². The first kappa shape index (κ1) is 68.1. The molecule has 0 aliphatic rings. The first-order chi connectivity index (χ1) is 35.2. The third-order valence-electron chi connectivity index (χ3n) is 11.1. The molecule has 3 atom stereocenters. The van der Waals surface area contributed by atoms with Crippen molar-refractivity contribution in [3.8, 4) is 0 Å². The molecule has 0 aromatic rings. The number of phosphoric ester groups is 1. The Bertz CT molecular complexity index is 1620. The molecule has 0 rings (SSSR count). The average Bonchev–Trinajstić information content (AvgIpc) is 3.37. The van der Waals surface area contributed by atoms with E-state index in [9.17, 15) is 28.9 Å². The predicted molar refractivity (Wildman–Crippen MR) is 297 cm³/mol. The van der Waals surface area contributed by atoms with Gasteiger partial charge < -0.3 is 24.2 Å². The first-order valence-corrected chi connectivity index (χ1v) is 29.3. The summed E-state index contributed by atoms with van der Waals surface area (Å²) in [6.07, 6.45) is 63.5. The number of unbranched alkanes of at least 4 members (excludes halogenated alkanes) is 15. The third-order valence-corrected chi connectivity index (χ3v) is 12.1. The lowest BCUT2D eigenvalue weighted by Crippen LogP contribution is -2.30. The molecule has 0 saturated heterocycles. The van der Waals surface area contributed by atoms with Crippen LogP contribution in [0.4, 0.5) is 0 Å². The number of carbonyl (C=O) groups is 3. The molecule has 0 aromatic heterocycles. The summed E-state index contributed by atoms with van der Waals surface area (Å²) in [5.74, 6) is -1.60. The van der Waals surface area contributed by atoms with Crippen molar-refractivity contribution in [2.75, 3.05) is 26.4 Å². The fourth-order valence-electron chi connectivity index (χ4n) is 6.94. The van der Waals surface area contributed by atoms with Gasteiger partial charge in [0.25, 0.3) is 0 Å². The van der Waals surface area contributed by atoms with Gasteiger partial charge in [0.05, 0.1) is 19.8 Å². The second-order valence-corrected chi connectivity index (χ2v) is 19.5. The molecule has 2 N–H and O–H groups in total. The Morgan fingerprint density at radius 1 is 0.403 bits per heavy atom. The van der Waals surface area contributed by atoms with E-state index in [-0.39, 0.29) is 25.9 Å². The Kier molecular flexibility index (Phi) is 50.6. The summed E-state index contributed by atoms with van der Waals surface area (Å²) in [4.78, 5) is 48.4. The summed E-state index contributed by atoms with van der Waals surface area (Å²) in [5.41, 5.74) is 0. The van der Waals surface area contributed by atoms with Crippen LogP contribution in [0, 0.1) is 0 Å². The van der Waals surface area contributed by atoms with Crippen molar-refractivity contribution >= 4 is 25.7 Å². The van der Waals surface area contributed by atoms with E-state index in [1.807, 2.05) is 12.2 Å². The van der Waals surface area contributed by atoms with Crippen LogP contribution in [0.25, 0.3) is 0 Å². The van der Waals surface area contributed by atoms with Gasteiger partial charge in [0, 0.05) is 19.3 Å². The topological polar surface area (TPSA) is 155 Å². The number of hydrogen-bond acceptors (Lipinski definition) is 10. The second kappa shape index (κ2) is 53.4. The molecule has 0 radical (unpaired) electrons. The van der Waals surface area contributed by atoms with Gasteiger partial charge in [0.15, 0.2) is 6.10 Å². The van der Waals surface area contributed by atoms with E-state index in [1.165, 1.54) is 25.7 Å². The average molecular weight is 1030 g/mol. The number of phosphoric acid groups is 1. The van der Waals surface area contributed by atoms with Crippen LogP contribution in [-0.2, 0) is 42.2 Å². The fraction of sp³-hybridized carbons (Fsp3) is 0.650. The molecule has 11 nitrogen and oxygen atoms in total. The number of allylic oxidation sites excluding steroid dienone is 18. The summed E-state index contributed by atoms with van der Waals surface area (Å²) in [7, 11) is -4.78. The van der Waals surface area contributed by atoms with Gasteiger partial charge in [-0.25, -0.2) is 4.57 Å². The normalized spacial score (nSPS) is 14.2. The Balaban J connectivity index is 4.88. The Labute approximate surface area is 437 Å². The first-order valence-electron chi connectivity index (χ1n) is 27.8. The van der Waals surface area contributed by atoms with Crippen LogP contribution in [0.2, 0.25) is 0 Å². The number of ether oxygens (including phenoxy) is 3. The van der Waals surface area contributed by atoms with E-state index < -0.39 is 57.8 Å². The minimum Gasteiger partial charge on any atom is -0.462 e. The maximum atomic E-state index is 12.9. The highest BCUT2D eigenvalue weighted by atomic mass is 31.2. The lowest BCUT2D eigenvalue weighted by Gasteiger charge is -2.21. The third kappa shape index (κ3) is 51.1. The van der Waals surface area contributed by atoms with Crippen molar-refractivity contribution in [2.24, 2.45) is 0 Å². The molecule has 0 heterocycles.